The number of amides is 1. The minimum absolute atomic E-state index is 0.0653. The summed E-state index contributed by atoms with van der Waals surface area (Å²) in [6.07, 6.45) is 0.641. The van der Waals surface area contributed by atoms with E-state index in [1.165, 1.54) is 22.4 Å². The summed E-state index contributed by atoms with van der Waals surface area (Å²) in [6.45, 7) is 8.80. The van der Waals surface area contributed by atoms with Gasteiger partial charge < -0.3 is 9.46 Å². The van der Waals surface area contributed by atoms with Crippen LogP contribution >= 0.6 is 23.5 Å². The lowest BCUT2D eigenvalue weighted by atomic mass is 9.87. The van der Waals surface area contributed by atoms with Crippen molar-refractivity contribution in [1.29, 1.82) is 0 Å². The Morgan fingerprint density at radius 2 is 1.85 bits per heavy atom. The van der Waals surface area contributed by atoms with Gasteiger partial charge in [0.2, 0.25) is 5.88 Å². The Morgan fingerprint density at radius 1 is 1.15 bits per heavy atom. The van der Waals surface area contributed by atoms with E-state index in [-0.39, 0.29) is 21.6 Å². The number of carbonyl (C=O) groups excluding carboxylic acids is 2. The van der Waals surface area contributed by atoms with E-state index in [1.807, 2.05) is 19.1 Å². The first-order valence-corrected chi connectivity index (χ1v) is 12.0. The van der Waals surface area contributed by atoms with E-state index in [4.69, 9.17) is 16.3 Å². The Balaban J connectivity index is 1.86. The van der Waals surface area contributed by atoms with Gasteiger partial charge in [0, 0.05) is 18.0 Å². The van der Waals surface area contributed by atoms with E-state index in [9.17, 15) is 9.59 Å². The first kappa shape index (κ1) is 25.6. The summed E-state index contributed by atoms with van der Waals surface area (Å²) in [4.78, 5) is 32.1. The maximum absolute atomic E-state index is 13.3. The van der Waals surface area contributed by atoms with Gasteiger partial charge in [0.05, 0.1) is 28.4 Å². The standard InChI is InChI=1S/C26H28ClN3O3S/c1-6-33-23-9-7-8-22(28-23)30(5)25(32)24-19(16-31)21(15-14-20(24)27)29-34-18-12-10-17(11-13-18)26(2,3)4/h7-16,29H,6H2,1-5H3. The minimum Gasteiger partial charge on any atom is -0.478 e. The van der Waals surface area contributed by atoms with Crippen molar-refractivity contribution in [2.75, 3.05) is 23.3 Å². The van der Waals surface area contributed by atoms with E-state index >= 15 is 0 Å². The molecule has 1 N–H and O–H groups in total. The number of nitrogens with zero attached hydrogens (tertiary/aromatic N) is 2. The lowest BCUT2D eigenvalue weighted by Crippen LogP contribution is -2.28. The molecule has 2 aromatic carbocycles. The number of aldehydes is 1. The third kappa shape index (κ3) is 5.90. The minimum atomic E-state index is -0.448. The molecule has 0 bridgehead atoms. The normalized spacial score (nSPS) is 11.1. The SMILES string of the molecule is CCOc1cccc(N(C)C(=O)c2c(Cl)ccc(NSc3ccc(C(C)(C)C)cc3)c2C=O)n1. The highest BCUT2D eigenvalue weighted by molar-refractivity contribution is 8.00. The van der Waals surface area contributed by atoms with E-state index in [2.05, 4.69) is 42.6 Å². The predicted octanol–water partition coefficient (Wildman–Crippen LogP) is 6.64. The van der Waals surface area contributed by atoms with Gasteiger partial charge in [-0.1, -0.05) is 50.6 Å². The van der Waals surface area contributed by atoms with Gasteiger partial charge in [0.25, 0.3) is 5.91 Å². The van der Waals surface area contributed by atoms with Crippen molar-refractivity contribution in [3.8, 4) is 5.88 Å². The second-order valence-electron chi connectivity index (χ2n) is 8.61. The van der Waals surface area contributed by atoms with Gasteiger partial charge in [-0.25, -0.2) is 0 Å². The van der Waals surface area contributed by atoms with Crippen LogP contribution in [0.4, 0.5) is 11.5 Å². The summed E-state index contributed by atoms with van der Waals surface area (Å²) >= 11 is 7.73. The third-order valence-electron chi connectivity index (χ3n) is 5.17. The largest absolute Gasteiger partial charge is 0.478 e. The van der Waals surface area contributed by atoms with Crippen molar-refractivity contribution >= 4 is 47.2 Å². The molecule has 3 rings (SSSR count). The number of hydrogen-bond acceptors (Lipinski definition) is 6. The van der Waals surface area contributed by atoms with Gasteiger partial charge in [-0.3, -0.25) is 14.5 Å². The molecule has 34 heavy (non-hydrogen) atoms. The highest BCUT2D eigenvalue weighted by Crippen LogP contribution is 2.32. The molecule has 6 nitrogen and oxygen atoms in total. The topological polar surface area (TPSA) is 71.5 Å². The summed E-state index contributed by atoms with van der Waals surface area (Å²) in [6, 6.07) is 16.6. The molecule has 8 heteroatoms. The Bertz CT molecular complexity index is 1180. The molecule has 0 atom stereocenters. The zero-order valence-corrected chi connectivity index (χ0v) is 21.5. The molecule has 0 saturated carbocycles. The molecule has 178 valence electrons. The lowest BCUT2D eigenvalue weighted by molar-refractivity contribution is 0.0985. The molecule has 0 radical (unpaired) electrons. The molecular weight excluding hydrogens is 470 g/mol. The highest BCUT2D eigenvalue weighted by Gasteiger charge is 2.24. The fourth-order valence-electron chi connectivity index (χ4n) is 3.25. The maximum atomic E-state index is 13.3. The molecular formula is C26H28ClN3O3S. The lowest BCUT2D eigenvalue weighted by Gasteiger charge is -2.20. The number of benzene rings is 2. The average molecular weight is 498 g/mol. The van der Waals surface area contributed by atoms with E-state index in [1.54, 1.807) is 37.4 Å². The zero-order valence-electron chi connectivity index (χ0n) is 19.9. The number of nitrogens with one attached hydrogen (secondary N) is 1. The van der Waals surface area contributed by atoms with Crippen molar-refractivity contribution in [1.82, 2.24) is 4.98 Å². The van der Waals surface area contributed by atoms with Crippen molar-refractivity contribution in [2.24, 2.45) is 0 Å². The Hall–Kier alpha value is -3.03. The molecule has 3 aromatic rings. The number of carbonyl (C=O) groups is 2. The Labute approximate surface area is 209 Å². The summed E-state index contributed by atoms with van der Waals surface area (Å²) in [5.74, 6) is 0.345. The maximum Gasteiger partial charge on any atom is 0.261 e. The van der Waals surface area contributed by atoms with Crippen LogP contribution in [0.25, 0.3) is 0 Å². The number of anilines is 2. The number of rotatable bonds is 8. The Kier molecular flexibility index (Phi) is 8.23. The molecule has 0 aliphatic carbocycles. The van der Waals surface area contributed by atoms with Crippen LogP contribution in [0.5, 0.6) is 5.88 Å². The van der Waals surface area contributed by atoms with Gasteiger partial charge in [-0.2, -0.15) is 4.98 Å². The second-order valence-corrected chi connectivity index (χ2v) is 9.90. The molecule has 0 aliphatic heterocycles. The predicted molar refractivity (Wildman–Crippen MR) is 140 cm³/mol. The summed E-state index contributed by atoms with van der Waals surface area (Å²) in [5, 5.41) is 0.185. The zero-order chi connectivity index (χ0) is 24.9. The second kappa shape index (κ2) is 10.9. The van der Waals surface area contributed by atoms with Crippen LogP contribution in [0.15, 0.2) is 59.5 Å². The van der Waals surface area contributed by atoms with Gasteiger partial charge in [0.15, 0.2) is 6.29 Å². The molecule has 0 saturated heterocycles. The Morgan fingerprint density at radius 3 is 2.47 bits per heavy atom. The van der Waals surface area contributed by atoms with E-state index < -0.39 is 5.91 Å². The molecule has 0 fully saturated rings. The fraction of sp³-hybridized carbons (Fsp3) is 0.269. The van der Waals surface area contributed by atoms with Crippen LogP contribution in [-0.4, -0.2) is 30.8 Å². The average Bonchev–Trinajstić information content (AvgIpc) is 2.82. The summed E-state index contributed by atoms with van der Waals surface area (Å²) in [7, 11) is 1.58. The number of hydrogen-bond donors (Lipinski definition) is 1. The molecule has 1 aromatic heterocycles. The van der Waals surface area contributed by atoms with Gasteiger partial charge in [-0.05, 0) is 60.2 Å². The van der Waals surface area contributed by atoms with Crippen molar-refractivity contribution < 1.29 is 14.3 Å². The van der Waals surface area contributed by atoms with Crippen LogP contribution in [0, 0.1) is 0 Å². The first-order valence-electron chi connectivity index (χ1n) is 10.8. The molecule has 1 heterocycles. The molecule has 0 spiro atoms. The molecule has 0 aliphatic rings. The van der Waals surface area contributed by atoms with Gasteiger partial charge in [0.1, 0.15) is 5.82 Å². The van der Waals surface area contributed by atoms with Crippen LogP contribution in [0.2, 0.25) is 5.02 Å². The monoisotopic (exact) mass is 497 g/mol. The van der Waals surface area contributed by atoms with Crippen LogP contribution in [-0.2, 0) is 5.41 Å². The number of halogens is 1. The fourth-order valence-corrected chi connectivity index (χ4v) is 4.17. The summed E-state index contributed by atoms with van der Waals surface area (Å²) in [5.41, 5.74) is 2.09. The van der Waals surface area contributed by atoms with Gasteiger partial charge >= 0.3 is 0 Å². The summed E-state index contributed by atoms with van der Waals surface area (Å²) < 4.78 is 8.61. The van der Waals surface area contributed by atoms with E-state index in [0.29, 0.717) is 30.3 Å². The molecule has 0 unspecified atom stereocenters. The van der Waals surface area contributed by atoms with Crippen molar-refractivity contribution in [2.45, 2.75) is 38.0 Å². The number of ether oxygens (including phenoxy) is 1. The quantitative estimate of drug-likeness (QED) is 0.278. The van der Waals surface area contributed by atoms with Crippen LogP contribution in [0.3, 0.4) is 0 Å². The van der Waals surface area contributed by atoms with Crippen LogP contribution in [0.1, 0.15) is 54.0 Å². The number of aromatic nitrogens is 1. The van der Waals surface area contributed by atoms with Crippen molar-refractivity contribution in [3.63, 3.8) is 0 Å². The highest BCUT2D eigenvalue weighted by atomic mass is 35.5. The van der Waals surface area contributed by atoms with Gasteiger partial charge in [-0.15, -0.1) is 0 Å². The smallest absolute Gasteiger partial charge is 0.261 e. The molecule has 1 amide bonds. The van der Waals surface area contributed by atoms with E-state index in [0.717, 1.165) is 4.90 Å². The van der Waals surface area contributed by atoms with Crippen molar-refractivity contribution in [3.05, 3.63) is 76.3 Å². The third-order valence-corrected chi connectivity index (χ3v) is 6.32. The number of pyridine rings is 1. The van der Waals surface area contributed by atoms with Crippen LogP contribution < -0.4 is 14.4 Å². The first-order chi connectivity index (χ1) is 16.2.